The number of benzene rings is 1. The van der Waals surface area contributed by atoms with Gasteiger partial charge in [-0.3, -0.25) is 0 Å². The minimum atomic E-state index is -0.354. The van der Waals surface area contributed by atoms with Crippen molar-refractivity contribution in [1.82, 2.24) is 9.97 Å². The highest BCUT2D eigenvalue weighted by molar-refractivity contribution is 5.41. The minimum Gasteiger partial charge on any atom is -0.438 e. The first-order valence-corrected chi connectivity index (χ1v) is 6.70. The lowest BCUT2D eigenvalue weighted by Crippen LogP contribution is -2.04. The Kier molecular flexibility index (Phi) is 5.05. The van der Waals surface area contributed by atoms with E-state index in [0.29, 0.717) is 36.5 Å². The Hall–Kier alpha value is -2.21. The van der Waals surface area contributed by atoms with Crippen LogP contribution in [0.1, 0.15) is 18.3 Å². The molecule has 0 spiro atoms. The van der Waals surface area contributed by atoms with Crippen LogP contribution in [0.2, 0.25) is 0 Å². The summed E-state index contributed by atoms with van der Waals surface area (Å²) >= 11 is 0. The number of hydrogen-bond acceptors (Lipinski definition) is 5. The van der Waals surface area contributed by atoms with Crippen molar-refractivity contribution in [2.75, 3.05) is 19.0 Å². The first-order chi connectivity index (χ1) is 10.1. The molecule has 112 valence electrons. The van der Waals surface area contributed by atoms with Gasteiger partial charge >= 0.3 is 0 Å². The van der Waals surface area contributed by atoms with E-state index in [1.807, 2.05) is 13.8 Å². The molecule has 21 heavy (non-hydrogen) atoms. The van der Waals surface area contributed by atoms with E-state index in [4.69, 9.17) is 9.47 Å². The largest absolute Gasteiger partial charge is 0.438 e. The molecule has 1 aromatic carbocycles. The molecule has 0 unspecified atom stereocenters. The van der Waals surface area contributed by atoms with E-state index < -0.39 is 0 Å². The van der Waals surface area contributed by atoms with Gasteiger partial charge in [-0.05, 0) is 25.5 Å². The zero-order valence-corrected chi connectivity index (χ0v) is 12.3. The molecule has 0 aliphatic rings. The van der Waals surface area contributed by atoms with Gasteiger partial charge in [-0.15, -0.1) is 0 Å². The number of ether oxygens (including phenoxy) is 2. The lowest BCUT2D eigenvalue weighted by atomic mass is 10.2. The molecule has 0 amide bonds. The van der Waals surface area contributed by atoms with Gasteiger partial charge in [0.05, 0.1) is 0 Å². The maximum atomic E-state index is 13.3. The fourth-order valence-corrected chi connectivity index (χ4v) is 1.71. The van der Waals surface area contributed by atoms with Gasteiger partial charge in [0.1, 0.15) is 24.0 Å². The van der Waals surface area contributed by atoms with E-state index in [0.717, 1.165) is 5.56 Å². The molecule has 0 saturated carbocycles. The van der Waals surface area contributed by atoms with Crippen LogP contribution in [0.5, 0.6) is 11.6 Å². The number of halogens is 1. The van der Waals surface area contributed by atoms with Gasteiger partial charge < -0.3 is 14.8 Å². The van der Waals surface area contributed by atoms with Crippen LogP contribution in [-0.4, -0.2) is 23.6 Å². The third kappa shape index (κ3) is 4.13. The molecule has 1 N–H and O–H groups in total. The summed E-state index contributed by atoms with van der Waals surface area (Å²) < 4.78 is 24.3. The van der Waals surface area contributed by atoms with Crippen LogP contribution >= 0.6 is 0 Å². The van der Waals surface area contributed by atoms with Gasteiger partial charge in [0.15, 0.2) is 5.82 Å². The van der Waals surface area contributed by atoms with Gasteiger partial charge in [-0.1, -0.05) is 6.07 Å². The van der Waals surface area contributed by atoms with Gasteiger partial charge in [-0.2, -0.15) is 4.98 Å². The Morgan fingerprint density at radius 3 is 2.76 bits per heavy atom. The fourth-order valence-electron chi connectivity index (χ4n) is 1.71. The van der Waals surface area contributed by atoms with E-state index in [9.17, 15) is 4.39 Å². The van der Waals surface area contributed by atoms with Crippen molar-refractivity contribution in [1.29, 1.82) is 0 Å². The highest BCUT2D eigenvalue weighted by Crippen LogP contribution is 2.25. The molecule has 0 radical (unpaired) electrons. The van der Waals surface area contributed by atoms with E-state index in [-0.39, 0.29) is 5.82 Å². The second kappa shape index (κ2) is 6.99. The van der Waals surface area contributed by atoms with E-state index in [1.165, 1.54) is 12.1 Å². The minimum absolute atomic E-state index is 0.296. The molecule has 6 heteroatoms. The summed E-state index contributed by atoms with van der Waals surface area (Å²) in [7, 11) is 1.75. The summed E-state index contributed by atoms with van der Waals surface area (Å²) in [5.74, 6) is 1.54. The van der Waals surface area contributed by atoms with E-state index in [2.05, 4.69) is 15.3 Å². The topological polar surface area (TPSA) is 56.3 Å². The van der Waals surface area contributed by atoms with Crippen molar-refractivity contribution in [3.05, 3.63) is 41.5 Å². The molecule has 0 fully saturated rings. The van der Waals surface area contributed by atoms with Gasteiger partial charge in [0.25, 0.3) is 0 Å². The second-order valence-corrected chi connectivity index (χ2v) is 4.41. The van der Waals surface area contributed by atoms with Crippen molar-refractivity contribution in [2.45, 2.75) is 20.5 Å². The third-order valence-corrected chi connectivity index (χ3v) is 2.81. The maximum absolute atomic E-state index is 13.3. The molecule has 2 rings (SSSR count). The predicted octanol–water partition coefficient (Wildman–Crippen LogP) is 3.29. The number of rotatable bonds is 6. The number of nitrogens with one attached hydrogen (secondary N) is 1. The summed E-state index contributed by atoms with van der Waals surface area (Å²) in [6, 6.07) is 6.03. The quantitative estimate of drug-likeness (QED) is 0.885. The van der Waals surface area contributed by atoms with Gasteiger partial charge in [0.2, 0.25) is 5.88 Å². The SMILES string of the molecule is CCOCc1nc(NC)cc(Oc2cc(F)ccc2C)n1. The van der Waals surface area contributed by atoms with Crippen molar-refractivity contribution < 1.29 is 13.9 Å². The zero-order chi connectivity index (χ0) is 15.2. The molecule has 0 aliphatic heterocycles. The third-order valence-electron chi connectivity index (χ3n) is 2.81. The van der Waals surface area contributed by atoms with Crippen molar-refractivity contribution in [3.63, 3.8) is 0 Å². The predicted molar refractivity (Wildman–Crippen MR) is 78.1 cm³/mol. The summed E-state index contributed by atoms with van der Waals surface area (Å²) in [6.07, 6.45) is 0. The van der Waals surface area contributed by atoms with Crippen LogP contribution in [0.15, 0.2) is 24.3 Å². The highest BCUT2D eigenvalue weighted by atomic mass is 19.1. The number of aromatic nitrogens is 2. The normalized spacial score (nSPS) is 10.5. The lowest BCUT2D eigenvalue weighted by Gasteiger charge is -2.11. The Balaban J connectivity index is 2.27. The number of hydrogen-bond donors (Lipinski definition) is 1. The molecule has 0 bridgehead atoms. The van der Waals surface area contributed by atoms with Crippen molar-refractivity contribution in [3.8, 4) is 11.6 Å². The van der Waals surface area contributed by atoms with Crippen LogP contribution < -0.4 is 10.1 Å². The Morgan fingerprint density at radius 2 is 2.05 bits per heavy atom. The van der Waals surface area contributed by atoms with Crippen LogP contribution in [-0.2, 0) is 11.3 Å². The van der Waals surface area contributed by atoms with Crippen LogP contribution in [0.4, 0.5) is 10.2 Å². The molecule has 0 aliphatic carbocycles. The summed E-state index contributed by atoms with van der Waals surface area (Å²) in [6.45, 7) is 4.61. The number of anilines is 1. The first kappa shape index (κ1) is 15.2. The first-order valence-electron chi connectivity index (χ1n) is 6.70. The Labute approximate surface area is 123 Å². The zero-order valence-electron chi connectivity index (χ0n) is 12.3. The lowest BCUT2D eigenvalue weighted by molar-refractivity contribution is 0.128. The molecule has 0 saturated heterocycles. The number of aryl methyl sites for hydroxylation is 1. The summed E-state index contributed by atoms with van der Waals surface area (Å²) in [5.41, 5.74) is 0.826. The van der Waals surface area contributed by atoms with Gasteiger partial charge in [0, 0.05) is 25.8 Å². The van der Waals surface area contributed by atoms with Crippen LogP contribution in [0.3, 0.4) is 0 Å². The number of nitrogens with zero attached hydrogens (tertiary/aromatic N) is 2. The van der Waals surface area contributed by atoms with E-state index in [1.54, 1.807) is 19.2 Å². The monoisotopic (exact) mass is 291 g/mol. The average Bonchev–Trinajstić information content (AvgIpc) is 2.48. The van der Waals surface area contributed by atoms with Crippen molar-refractivity contribution in [2.24, 2.45) is 0 Å². The smallest absolute Gasteiger partial charge is 0.224 e. The molecule has 0 atom stereocenters. The van der Waals surface area contributed by atoms with Crippen molar-refractivity contribution >= 4 is 5.82 Å². The molecule has 5 nitrogen and oxygen atoms in total. The highest BCUT2D eigenvalue weighted by Gasteiger charge is 2.08. The second-order valence-electron chi connectivity index (χ2n) is 4.41. The van der Waals surface area contributed by atoms with Crippen LogP contribution in [0, 0.1) is 12.7 Å². The average molecular weight is 291 g/mol. The Morgan fingerprint density at radius 1 is 1.24 bits per heavy atom. The standard InChI is InChI=1S/C15H18FN3O2/c1-4-20-9-14-18-13(17-3)8-15(19-14)21-12-7-11(16)6-5-10(12)2/h5-8H,4,9H2,1-3H3,(H,17,18,19). The maximum Gasteiger partial charge on any atom is 0.224 e. The van der Waals surface area contributed by atoms with E-state index >= 15 is 0 Å². The van der Waals surface area contributed by atoms with Crippen LogP contribution in [0.25, 0.3) is 0 Å². The molecule has 1 aromatic heterocycles. The summed E-state index contributed by atoms with van der Waals surface area (Å²) in [4.78, 5) is 8.53. The Bertz CT molecular complexity index is 620. The van der Waals surface area contributed by atoms with Gasteiger partial charge in [-0.25, -0.2) is 9.37 Å². The summed E-state index contributed by atoms with van der Waals surface area (Å²) in [5, 5.41) is 2.94. The molecule has 1 heterocycles. The molecular formula is C15H18FN3O2. The molecular weight excluding hydrogens is 273 g/mol. The molecule has 2 aromatic rings. The fraction of sp³-hybridized carbons (Fsp3) is 0.333.